The van der Waals surface area contributed by atoms with Crippen LogP contribution in [0.15, 0.2) is 53.0 Å². The molecule has 2 rings (SSSR count). The number of alkyl halides is 3. The number of carbonyl (C=O) groups excluding carboxylic acids is 2. The van der Waals surface area contributed by atoms with Crippen LogP contribution in [0, 0.1) is 0 Å². The molecule has 0 heterocycles. The zero-order chi connectivity index (χ0) is 18.4. The Morgan fingerprint density at radius 1 is 1.00 bits per heavy atom. The highest BCUT2D eigenvalue weighted by Gasteiger charge is 2.38. The van der Waals surface area contributed by atoms with Gasteiger partial charge in [-0.25, -0.2) is 0 Å². The molecule has 0 bridgehead atoms. The van der Waals surface area contributed by atoms with Gasteiger partial charge < -0.3 is 10.6 Å². The Morgan fingerprint density at radius 3 is 2.24 bits per heavy atom. The highest BCUT2D eigenvalue weighted by molar-refractivity contribution is 9.10. The Morgan fingerprint density at radius 2 is 1.64 bits per heavy atom. The van der Waals surface area contributed by atoms with Gasteiger partial charge in [0.2, 0.25) is 5.91 Å². The molecule has 0 radical (unpaired) electrons. The Hall–Kier alpha value is -2.35. The third kappa shape index (κ3) is 5.90. The van der Waals surface area contributed by atoms with E-state index >= 15 is 0 Å². The van der Waals surface area contributed by atoms with Crippen LogP contribution >= 0.6 is 15.9 Å². The summed E-state index contributed by atoms with van der Waals surface area (Å²) in [5.74, 6) is -2.21. The maximum Gasteiger partial charge on any atom is 0.471 e. The molecule has 8 heteroatoms. The number of anilines is 1. The summed E-state index contributed by atoms with van der Waals surface area (Å²) in [7, 11) is 0. The summed E-state index contributed by atoms with van der Waals surface area (Å²) >= 11 is 3.37. The third-order valence-corrected chi connectivity index (χ3v) is 4.03. The van der Waals surface area contributed by atoms with E-state index in [1.807, 2.05) is 24.3 Å². The number of benzene rings is 2. The van der Waals surface area contributed by atoms with E-state index in [1.54, 1.807) is 17.4 Å². The minimum Gasteiger partial charge on any atom is -0.344 e. The van der Waals surface area contributed by atoms with Gasteiger partial charge in [-0.1, -0.05) is 46.3 Å². The van der Waals surface area contributed by atoms with Crippen molar-refractivity contribution in [3.05, 3.63) is 64.1 Å². The molecule has 2 amide bonds. The van der Waals surface area contributed by atoms with E-state index in [0.29, 0.717) is 11.3 Å². The first-order chi connectivity index (χ1) is 11.8. The molecular weight excluding hydrogens is 401 g/mol. The lowest BCUT2D eigenvalue weighted by atomic mass is 10.1. The monoisotopic (exact) mass is 414 g/mol. The number of rotatable bonds is 5. The van der Waals surface area contributed by atoms with Gasteiger partial charge >= 0.3 is 12.1 Å². The summed E-state index contributed by atoms with van der Waals surface area (Å²) in [5.41, 5.74) is 1.84. The smallest absolute Gasteiger partial charge is 0.344 e. The first-order valence-electron chi connectivity index (χ1n) is 7.23. The third-order valence-electron chi connectivity index (χ3n) is 3.26. The molecule has 2 aromatic carbocycles. The van der Waals surface area contributed by atoms with Crippen LogP contribution in [0.2, 0.25) is 0 Å². The molecule has 0 aliphatic rings. The predicted molar refractivity (Wildman–Crippen MR) is 90.8 cm³/mol. The molecule has 0 saturated heterocycles. The molecule has 4 nitrogen and oxygen atoms in total. The summed E-state index contributed by atoms with van der Waals surface area (Å²) in [6.45, 7) is -0.246. The van der Waals surface area contributed by atoms with Crippen LogP contribution in [0.4, 0.5) is 18.9 Å². The average molecular weight is 415 g/mol. The first-order valence-corrected chi connectivity index (χ1v) is 8.02. The Labute approximate surface area is 150 Å². The summed E-state index contributed by atoms with van der Waals surface area (Å²) in [4.78, 5) is 22.8. The van der Waals surface area contributed by atoms with Crippen molar-refractivity contribution in [2.45, 2.75) is 19.1 Å². The number of hydrogen-bond acceptors (Lipinski definition) is 2. The van der Waals surface area contributed by atoms with E-state index in [4.69, 9.17) is 0 Å². The second kappa shape index (κ2) is 8.15. The van der Waals surface area contributed by atoms with Gasteiger partial charge in [-0.3, -0.25) is 9.59 Å². The normalized spacial score (nSPS) is 11.0. The molecule has 0 aliphatic carbocycles. The Bertz CT molecular complexity index is 761. The maximum absolute atomic E-state index is 12.1. The predicted octanol–water partition coefficient (Wildman–Crippen LogP) is 3.81. The van der Waals surface area contributed by atoms with Crippen molar-refractivity contribution in [2.75, 3.05) is 5.32 Å². The van der Waals surface area contributed by atoms with Crippen LogP contribution in [0.5, 0.6) is 0 Å². The van der Waals surface area contributed by atoms with E-state index in [9.17, 15) is 22.8 Å². The summed E-state index contributed by atoms with van der Waals surface area (Å²) in [6.07, 6.45) is -4.72. The van der Waals surface area contributed by atoms with Gasteiger partial charge in [0.15, 0.2) is 0 Å². The highest BCUT2D eigenvalue weighted by atomic mass is 79.9. The molecule has 0 atom stereocenters. The lowest BCUT2D eigenvalue weighted by molar-refractivity contribution is -0.173. The van der Waals surface area contributed by atoms with E-state index in [-0.39, 0.29) is 18.9 Å². The highest BCUT2D eigenvalue weighted by Crippen LogP contribution is 2.18. The van der Waals surface area contributed by atoms with Crippen molar-refractivity contribution in [1.29, 1.82) is 0 Å². The molecule has 132 valence electrons. The van der Waals surface area contributed by atoms with Crippen molar-refractivity contribution < 1.29 is 22.8 Å². The molecule has 0 saturated carbocycles. The van der Waals surface area contributed by atoms with Crippen LogP contribution < -0.4 is 10.6 Å². The summed E-state index contributed by atoms with van der Waals surface area (Å²) in [6, 6.07) is 13.5. The van der Waals surface area contributed by atoms with Gasteiger partial charge in [-0.2, -0.15) is 13.2 Å². The van der Waals surface area contributed by atoms with E-state index in [2.05, 4.69) is 21.2 Å². The maximum atomic E-state index is 12.1. The summed E-state index contributed by atoms with van der Waals surface area (Å²) < 4.78 is 37.1. The lowest BCUT2D eigenvalue weighted by Gasteiger charge is -2.09. The number of carbonyl (C=O) groups is 2. The van der Waals surface area contributed by atoms with Crippen LogP contribution in [0.3, 0.4) is 0 Å². The topological polar surface area (TPSA) is 58.2 Å². The molecule has 25 heavy (non-hydrogen) atoms. The van der Waals surface area contributed by atoms with E-state index in [1.165, 1.54) is 12.1 Å². The van der Waals surface area contributed by atoms with Crippen molar-refractivity contribution in [2.24, 2.45) is 0 Å². The standard InChI is InChI=1S/C17H14BrF3N2O2/c18-14-4-2-1-3-12(14)9-15(24)23-13-7-5-11(6-8-13)10-22-16(25)17(19,20)21/h1-8H,9-10H2,(H,22,25)(H,23,24). The average Bonchev–Trinajstić information content (AvgIpc) is 2.55. The quantitative estimate of drug-likeness (QED) is 0.781. The van der Waals surface area contributed by atoms with Gasteiger partial charge in [0.05, 0.1) is 6.42 Å². The minimum atomic E-state index is -4.90. The number of hydrogen-bond donors (Lipinski definition) is 2. The minimum absolute atomic E-state index is 0.185. The molecule has 2 aromatic rings. The second-order valence-electron chi connectivity index (χ2n) is 5.19. The molecule has 0 aromatic heterocycles. The molecule has 0 aliphatic heterocycles. The van der Waals surface area contributed by atoms with Gasteiger partial charge in [-0.05, 0) is 29.3 Å². The zero-order valence-electron chi connectivity index (χ0n) is 12.9. The number of halogens is 4. The fourth-order valence-corrected chi connectivity index (χ4v) is 2.43. The van der Waals surface area contributed by atoms with Gasteiger partial charge in [0.1, 0.15) is 0 Å². The zero-order valence-corrected chi connectivity index (χ0v) is 14.4. The van der Waals surface area contributed by atoms with E-state index < -0.39 is 12.1 Å². The van der Waals surface area contributed by atoms with Crippen LogP contribution in [0.1, 0.15) is 11.1 Å². The van der Waals surface area contributed by atoms with Crippen molar-refractivity contribution >= 4 is 33.4 Å². The van der Waals surface area contributed by atoms with E-state index in [0.717, 1.165) is 10.0 Å². The largest absolute Gasteiger partial charge is 0.471 e. The molecule has 0 fully saturated rings. The van der Waals surface area contributed by atoms with Crippen LogP contribution in [-0.2, 0) is 22.6 Å². The Balaban J connectivity index is 1.89. The van der Waals surface area contributed by atoms with Crippen molar-refractivity contribution in [3.63, 3.8) is 0 Å². The van der Waals surface area contributed by atoms with Crippen LogP contribution in [-0.4, -0.2) is 18.0 Å². The fraction of sp³-hybridized carbons (Fsp3) is 0.176. The first kappa shape index (κ1) is 19.0. The molecule has 0 unspecified atom stereocenters. The number of amides is 2. The molecule has 2 N–H and O–H groups in total. The summed E-state index contributed by atoms with van der Waals surface area (Å²) in [5, 5.41) is 4.49. The van der Waals surface area contributed by atoms with Gasteiger partial charge in [0.25, 0.3) is 0 Å². The lowest BCUT2D eigenvalue weighted by Crippen LogP contribution is -2.36. The molecular formula is C17H14BrF3N2O2. The van der Waals surface area contributed by atoms with Gasteiger partial charge in [0, 0.05) is 16.7 Å². The van der Waals surface area contributed by atoms with Crippen LogP contribution in [0.25, 0.3) is 0 Å². The fourth-order valence-electron chi connectivity index (χ4n) is 2.01. The second-order valence-corrected chi connectivity index (χ2v) is 6.05. The van der Waals surface area contributed by atoms with Crippen molar-refractivity contribution in [3.8, 4) is 0 Å². The Kier molecular flexibility index (Phi) is 6.19. The SMILES string of the molecule is O=C(Cc1ccccc1Br)Nc1ccc(CNC(=O)C(F)(F)F)cc1. The van der Waals surface area contributed by atoms with Gasteiger partial charge in [-0.15, -0.1) is 0 Å². The van der Waals surface area contributed by atoms with Crippen molar-refractivity contribution in [1.82, 2.24) is 5.32 Å². The number of nitrogens with one attached hydrogen (secondary N) is 2. The molecule has 0 spiro atoms.